The molecular formula is C14H23NO2. The number of nitrogens with two attached hydrogens (primary N) is 1. The summed E-state index contributed by atoms with van der Waals surface area (Å²) in [5.74, 6) is 0.987. The van der Waals surface area contributed by atoms with E-state index in [1.165, 1.54) is 11.1 Å². The minimum atomic E-state index is 0.151. The maximum absolute atomic E-state index is 5.84. The fourth-order valence-corrected chi connectivity index (χ4v) is 1.80. The Kier molecular flexibility index (Phi) is 6.01. The predicted molar refractivity (Wildman–Crippen MR) is 70.5 cm³/mol. The van der Waals surface area contributed by atoms with Crippen LogP contribution in [0.4, 0.5) is 0 Å². The van der Waals surface area contributed by atoms with E-state index in [1.807, 2.05) is 6.92 Å². The fraction of sp³-hybridized carbons (Fsp3) is 0.571. The minimum Gasteiger partial charge on any atom is -0.493 e. The summed E-state index contributed by atoms with van der Waals surface area (Å²) in [5, 5.41) is 0. The Balaban J connectivity index is 2.66. The summed E-state index contributed by atoms with van der Waals surface area (Å²) in [6, 6.07) is 6.35. The number of hydrogen-bond donors (Lipinski definition) is 1. The lowest BCUT2D eigenvalue weighted by Gasteiger charge is -2.15. The van der Waals surface area contributed by atoms with Gasteiger partial charge in [0.15, 0.2) is 0 Å². The van der Waals surface area contributed by atoms with Crippen molar-refractivity contribution in [1.82, 2.24) is 0 Å². The van der Waals surface area contributed by atoms with E-state index in [4.69, 9.17) is 15.2 Å². The molecule has 2 N–H and O–H groups in total. The molecule has 1 aromatic rings. The van der Waals surface area contributed by atoms with Crippen LogP contribution in [0.15, 0.2) is 18.2 Å². The molecule has 0 aromatic heterocycles. The van der Waals surface area contributed by atoms with E-state index in [0.717, 1.165) is 25.2 Å². The van der Waals surface area contributed by atoms with Gasteiger partial charge in [-0.1, -0.05) is 18.2 Å². The maximum atomic E-state index is 5.84. The minimum absolute atomic E-state index is 0.151. The third kappa shape index (κ3) is 4.75. The number of aryl methyl sites for hydroxylation is 1. The molecule has 0 aliphatic rings. The van der Waals surface area contributed by atoms with Gasteiger partial charge in [0.2, 0.25) is 0 Å². The van der Waals surface area contributed by atoms with Gasteiger partial charge in [0, 0.05) is 26.2 Å². The van der Waals surface area contributed by atoms with Crippen LogP contribution < -0.4 is 10.5 Å². The van der Waals surface area contributed by atoms with Crippen molar-refractivity contribution >= 4 is 0 Å². The van der Waals surface area contributed by atoms with Crippen LogP contribution in [0.3, 0.4) is 0 Å². The van der Waals surface area contributed by atoms with Gasteiger partial charge in [-0.3, -0.25) is 0 Å². The van der Waals surface area contributed by atoms with Crippen LogP contribution in [0.25, 0.3) is 0 Å². The first-order valence-corrected chi connectivity index (χ1v) is 6.11. The number of ether oxygens (including phenoxy) is 2. The Hall–Kier alpha value is -1.06. The summed E-state index contributed by atoms with van der Waals surface area (Å²) < 4.78 is 10.8. The molecule has 1 atom stereocenters. The normalized spacial score (nSPS) is 12.5. The van der Waals surface area contributed by atoms with Crippen molar-refractivity contribution in [3.63, 3.8) is 0 Å². The maximum Gasteiger partial charge on any atom is 0.125 e. The van der Waals surface area contributed by atoms with E-state index in [-0.39, 0.29) is 6.04 Å². The third-order valence-corrected chi connectivity index (χ3v) is 2.57. The molecule has 0 bridgehead atoms. The quantitative estimate of drug-likeness (QED) is 0.740. The summed E-state index contributed by atoms with van der Waals surface area (Å²) in [7, 11) is 1.70. The van der Waals surface area contributed by atoms with Gasteiger partial charge in [0.25, 0.3) is 0 Å². The zero-order chi connectivity index (χ0) is 12.7. The lowest BCUT2D eigenvalue weighted by molar-refractivity contribution is 0.171. The molecule has 1 unspecified atom stereocenters. The SMILES string of the molecule is COCCCOc1c(C)cccc1CC(C)N. The van der Waals surface area contributed by atoms with Gasteiger partial charge in [-0.15, -0.1) is 0 Å². The molecule has 0 amide bonds. The van der Waals surface area contributed by atoms with E-state index >= 15 is 0 Å². The van der Waals surface area contributed by atoms with Gasteiger partial charge < -0.3 is 15.2 Å². The van der Waals surface area contributed by atoms with Crippen LogP contribution in [-0.4, -0.2) is 26.4 Å². The van der Waals surface area contributed by atoms with Crippen LogP contribution in [-0.2, 0) is 11.2 Å². The molecule has 0 heterocycles. The average Bonchev–Trinajstić information content (AvgIpc) is 2.26. The smallest absolute Gasteiger partial charge is 0.125 e. The molecule has 96 valence electrons. The Morgan fingerprint density at radius 2 is 2.06 bits per heavy atom. The van der Waals surface area contributed by atoms with Crippen molar-refractivity contribution in [2.75, 3.05) is 20.3 Å². The Labute approximate surface area is 104 Å². The van der Waals surface area contributed by atoms with Crippen molar-refractivity contribution in [3.05, 3.63) is 29.3 Å². The highest BCUT2D eigenvalue weighted by atomic mass is 16.5. The van der Waals surface area contributed by atoms with Crippen molar-refractivity contribution < 1.29 is 9.47 Å². The molecule has 0 aliphatic carbocycles. The summed E-state index contributed by atoms with van der Waals surface area (Å²) in [6.07, 6.45) is 1.75. The summed E-state index contributed by atoms with van der Waals surface area (Å²) in [6.45, 7) is 5.49. The third-order valence-electron chi connectivity index (χ3n) is 2.57. The van der Waals surface area contributed by atoms with Crippen LogP contribution in [0.1, 0.15) is 24.5 Å². The Morgan fingerprint density at radius 1 is 1.29 bits per heavy atom. The molecule has 0 saturated heterocycles. The van der Waals surface area contributed by atoms with Gasteiger partial charge in [0.1, 0.15) is 5.75 Å². The number of benzene rings is 1. The first kappa shape index (κ1) is 14.0. The highest BCUT2D eigenvalue weighted by molar-refractivity contribution is 5.41. The molecule has 0 aliphatic heterocycles. The molecule has 1 aromatic carbocycles. The van der Waals surface area contributed by atoms with Crippen molar-refractivity contribution in [2.24, 2.45) is 5.73 Å². The van der Waals surface area contributed by atoms with Crippen molar-refractivity contribution in [3.8, 4) is 5.75 Å². The topological polar surface area (TPSA) is 44.5 Å². The zero-order valence-corrected chi connectivity index (χ0v) is 11.0. The molecule has 3 nitrogen and oxygen atoms in total. The van der Waals surface area contributed by atoms with Gasteiger partial charge >= 0.3 is 0 Å². The zero-order valence-electron chi connectivity index (χ0n) is 11.0. The fourth-order valence-electron chi connectivity index (χ4n) is 1.80. The van der Waals surface area contributed by atoms with Gasteiger partial charge in [-0.2, -0.15) is 0 Å². The van der Waals surface area contributed by atoms with E-state index in [2.05, 4.69) is 25.1 Å². The van der Waals surface area contributed by atoms with Gasteiger partial charge in [0.05, 0.1) is 6.61 Å². The number of rotatable bonds is 7. The first-order valence-electron chi connectivity index (χ1n) is 6.11. The van der Waals surface area contributed by atoms with E-state index in [0.29, 0.717) is 6.61 Å². The van der Waals surface area contributed by atoms with Crippen LogP contribution >= 0.6 is 0 Å². The second-order valence-electron chi connectivity index (χ2n) is 4.44. The standard InChI is InChI=1S/C14H23NO2/c1-11-6-4-7-13(10-12(2)15)14(11)17-9-5-8-16-3/h4,6-7,12H,5,8-10,15H2,1-3H3. The average molecular weight is 237 g/mol. The van der Waals surface area contributed by atoms with Crippen LogP contribution in [0.5, 0.6) is 5.75 Å². The number of methoxy groups -OCH3 is 1. The molecule has 17 heavy (non-hydrogen) atoms. The molecular weight excluding hydrogens is 214 g/mol. The molecule has 1 rings (SSSR count). The second-order valence-corrected chi connectivity index (χ2v) is 4.44. The van der Waals surface area contributed by atoms with Crippen molar-refractivity contribution in [2.45, 2.75) is 32.7 Å². The molecule has 3 heteroatoms. The van der Waals surface area contributed by atoms with E-state index < -0.39 is 0 Å². The second kappa shape index (κ2) is 7.30. The highest BCUT2D eigenvalue weighted by Gasteiger charge is 2.08. The van der Waals surface area contributed by atoms with E-state index in [9.17, 15) is 0 Å². The summed E-state index contributed by atoms with van der Waals surface area (Å²) >= 11 is 0. The lowest BCUT2D eigenvalue weighted by Crippen LogP contribution is -2.18. The van der Waals surface area contributed by atoms with E-state index in [1.54, 1.807) is 7.11 Å². The van der Waals surface area contributed by atoms with Crippen LogP contribution in [0, 0.1) is 6.92 Å². The largest absolute Gasteiger partial charge is 0.493 e. The van der Waals surface area contributed by atoms with Gasteiger partial charge in [-0.05, 0) is 31.4 Å². The molecule has 0 fully saturated rings. The molecule has 0 spiro atoms. The summed E-state index contributed by atoms with van der Waals surface area (Å²) in [5.41, 5.74) is 8.20. The first-order chi connectivity index (χ1) is 8.15. The molecule has 0 radical (unpaired) electrons. The molecule has 0 saturated carbocycles. The van der Waals surface area contributed by atoms with Crippen LogP contribution in [0.2, 0.25) is 0 Å². The Morgan fingerprint density at radius 3 is 2.71 bits per heavy atom. The number of para-hydroxylation sites is 1. The van der Waals surface area contributed by atoms with Gasteiger partial charge in [-0.25, -0.2) is 0 Å². The van der Waals surface area contributed by atoms with Crippen molar-refractivity contribution in [1.29, 1.82) is 0 Å². The highest BCUT2D eigenvalue weighted by Crippen LogP contribution is 2.24. The Bertz CT molecular complexity index is 337. The number of hydrogen-bond acceptors (Lipinski definition) is 3. The lowest BCUT2D eigenvalue weighted by atomic mass is 10.0. The summed E-state index contributed by atoms with van der Waals surface area (Å²) in [4.78, 5) is 0. The monoisotopic (exact) mass is 237 g/mol. The predicted octanol–water partition coefficient (Wildman–Crippen LogP) is 2.30.